The van der Waals surface area contributed by atoms with Crippen LogP contribution in [0.3, 0.4) is 0 Å². The lowest BCUT2D eigenvalue weighted by atomic mass is 10.2. The fraction of sp³-hybridized carbons (Fsp3) is 0.500. The highest BCUT2D eigenvalue weighted by Crippen LogP contribution is 2.07. The Kier molecular flexibility index (Phi) is 4.10. The quantitative estimate of drug-likeness (QED) is 0.809. The molecule has 0 spiro atoms. The van der Waals surface area contributed by atoms with Crippen LogP contribution in [0.15, 0.2) is 16.8 Å². The van der Waals surface area contributed by atoms with E-state index in [1.807, 2.05) is 17.3 Å². The van der Waals surface area contributed by atoms with E-state index >= 15 is 0 Å². The molecule has 0 bridgehead atoms. The summed E-state index contributed by atoms with van der Waals surface area (Å²) >= 11 is 1.67. The number of thiophene rings is 1. The third-order valence-electron chi connectivity index (χ3n) is 2.35. The Morgan fingerprint density at radius 3 is 2.93 bits per heavy atom. The van der Waals surface area contributed by atoms with Crippen LogP contribution in [0.1, 0.15) is 12.5 Å². The molecule has 0 saturated carbocycles. The number of carboxylic acids is 1. The van der Waals surface area contributed by atoms with Gasteiger partial charge in [0, 0.05) is 6.54 Å². The molecule has 0 radical (unpaired) electrons. The van der Waals surface area contributed by atoms with Crippen LogP contribution in [0.2, 0.25) is 0 Å². The van der Waals surface area contributed by atoms with Gasteiger partial charge in [-0.05, 0) is 42.8 Å². The third-order valence-corrected chi connectivity index (χ3v) is 3.08. The summed E-state index contributed by atoms with van der Waals surface area (Å²) in [5.74, 6) is -0.766. The number of rotatable bonds is 5. The van der Waals surface area contributed by atoms with Crippen molar-refractivity contribution in [1.29, 1.82) is 0 Å². The SMILES string of the molecule is CC(C(=O)O)N(C)CCc1ccsc1. The van der Waals surface area contributed by atoms with Crippen LogP contribution in [0.4, 0.5) is 0 Å². The molecule has 4 heteroatoms. The van der Waals surface area contributed by atoms with Gasteiger partial charge in [-0.15, -0.1) is 0 Å². The maximum Gasteiger partial charge on any atom is 0.320 e. The number of likely N-dealkylation sites (N-methyl/N-ethyl adjacent to an activating group) is 1. The first-order valence-electron chi connectivity index (χ1n) is 4.55. The summed E-state index contributed by atoms with van der Waals surface area (Å²) in [6.45, 7) is 2.49. The molecule has 0 aromatic carbocycles. The van der Waals surface area contributed by atoms with Crippen molar-refractivity contribution in [2.75, 3.05) is 13.6 Å². The molecule has 1 atom stereocenters. The van der Waals surface area contributed by atoms with Crippen molar-refractivity contribution in [3.05, 3.63) is 22.4 Å². The summed E-state index contributed by atoms with van der Waals surface area (Å²) in [4.78, 5) is 12.5. The van der Waals surface area contributed by atoms with E-state index in [1.54, 1.807) is 18.3 Å². The lowest BCUT2D eigenvalue weighted by molar-refractivity contribution is -0.142. The first kappa shape index (κ1) is 11.2. The fourth-order valence-corrected chi connectivity index (χ4v) is 1.83. The van der Waals surface area contributed by atoms with Crippen LogP contribution in [-0.2, 0) is 11.2 Å². The molecule has 0 aliphatic rings. The zero-order valence-corrected chi connectivity index (χ0v) is 9.25. The lowest BCUT2D eigenvalue weighted by Gasteiger charge is -2.20. The number of carbonyl (C=O) groups is 1. The zero-order chi connectivity index (χ0) is 10.6. The molecule has 0 aliphatic heterocycles. The van der Waals surface area contributed by atoms with E-state index in [-0.39, 0.29) is 0 Å². The van der Waals surface area contributed by atoms with Gasteiger partial charge in [-0.3, -0.25) is 9.69 Å². The number of aliphatic carboxylic acids is 1. The molecular weight excluding hydrogens is 198 g/mol. The average molecular weight is 213 g/mol. The maximum absolute atomic E-state index is 10.7. The molecule has 3 nitrogen and oxygen atoms in total. The van der Waals surface area contributed by atoms with E-state index in [0.29, 0.717) is 0 Å². The second-order valence-electron chi connectivity index (χ2n) is 3.38. The molecule has 0 saturated heterocycles. The Labute approximate surface area is 88.0 Å². The minimum atomic E-state index is -0.766. The number of hydrogen-bond acceptors (Lipinski definition) is 3. The highest BCUT2D eigenvalue weighted by atomic mass is 32.1. The van der Waals surface area contributed by atoms with Gasteiger partial charge in [-0.25, -0.2) is 0 Å². The monoisotopic (exact) mass is 213 g/mol. The van der Waals surface area contributed by atoms with Crippen molar-refractivity contribution in [1.82, 2.24) is 4.90 Å². The molecule has 1 unspecified atom stereocenters. The Morgan fingerprint density at radius 2 is 2.43 bits per heavy atom. The maximum atomic E-state index is 10.7. The summed E-state index contributed by atoms with van der Waals surface area (Å²) in [5.41, 5.74) is 1.28. The molecule has 1 rings (SSSR count). The normalized spacial score (nSPS) is 13.1. The highest BCUT2D eigenvalue weighted by molar-refractivity contribution is 7.07. The number of nitrogens with zero attached hydrogens (tertiary/aromatic N) is 1. The summed E-state index contributed by atoms with van der Waals surface area (Å²) in [7, 11) is 1.84. The molecule has 1 aromatic heterocycles. The van der Waals surface area contributed by atoms with Gasteiger partial charge in [0.05, 0.1) is 0 Å². The first-order chi connectivity index (χ1) is 6.61. The van der Waals surface area contributed by atoms with Crippen LogP contribution in [0.25, 0.3) is 0 Å². The number of hydrogen-bond donors (Lipinski definition) is 1. The molecule has 0 aliphatic carbocycles. The summed E-state index contributed by atoms with van der Waals surface area (Å²) < 4.78 is 0. The van der Waals surface area contributed by atoms with Crippen molar-refractivity contribution in [2.24, 2.45) is 0 Å². The minimum absolute atomic E-state index is 0.409. The van der Waals surface area contributed by atoms with Gasteiger partial charge in [0.2, 0.25) is 0 Å². The molecule has 14 heavy (non-hydrogen) atoms. The average Bonchev–Trinajstić information content (AvgIpc) is 2.65. The minimum Gasteiger partial charge on any atom is -0.480 e. The Hall–Kier alpha value is -0.870. The molecule has 0 amide bonds. The van der Waals surface area contributed by atoms with Gasteiger partial charge in [-0.2, -0.15) is 11.3 Å². The van der Waals surface area contributed by atoms with Crippen molar-refractivity contribution in [3.8, 4) is 0 Å². The number of carboxylic acid groups (broad SMARTS) is 1. The van der Waals surface area contributed by atoms with Crippen molar-refractivity contribution in [2.45, 2.75) is 19.4 Å². The molecule has 78 valence electrons. The predicted molar refractivity (Wildman–Crippen MR) is 57.8 cm³/mol. The van der Waals surface area contributed by atoms with Gasteiger partial charge in [0.1, 0.15) is 6.04 Å². The van der Waals surface area contributed by atoms with Crippen LogP contribution >= 0.6 is 11.3 Å². The fourth-order valence-electron chi connectivity index (χ4n) is 1.12. The molecule has 0 fully saturated rings. The van der Waals surface area contributed by atoms with E-state index in [9.17, 15) is 4.79 Å². The Balaban J connectivity index is 2.34. The van der Waals surface area contributed by atoms with E-state index in [0.717, 1.165) is 13.0 Å². The van der Waals surface area contributed by atoms with E-state index in [2.05, 4.69) is 11.4 Å². The molecule has 1 heterocycles. The Morgan fingerprint density at radius 1 is 1.71 bits per heavy atom. The Bertz CT molecular complexity index is 284. The van der Waals surface area contributed by atoms with Gasteiger partial charge in [-0.1, -0.05) is 0 Å². The van der Waals surface area contributed by atoms with E-state index in [4.69, 9.17) is 5.11 Å². The standard InChI is InChI=1S/C10H15NO2S/c1-8(10(12)13)11(2)5-3-9-4-6-14-7-9/h4,6-8H,3,5H2,1-2H3,(H,12,13). The van der Waals surface area contributed by atoms with Crippen LogP contribution < -0.4 is 0 Å². The van der Waals surface area contributed by atoms with Crippen molar-refractivity contribution < 1.29 is 9.90 Å². The van der Waals surface area contributed by atoms with E-state index < -0.39 is 12.0 Å². The van der Waals surface area contributed by atoms with E-state index in [1.165, 1.54) is 5.56 Å². The summed E-state index contributed by atoms with van der Waals surface area (Å²) in [5, 5.41) is 12.9. The summed E-state index contributed by atoms with van der Waals surface area (Å²) in [6, 6.07) is 1.66. The molecule has 1 aromatic rings. The topological polar surface area (TPSA) is 40.5 Å². The van der Waals surface area contributed by atoms with Crippen molar-refractivity contribution in [3.63, 3.8) is 0 Å². The van der Waals surface area contributed by atoms with Gasteiger partial charge < -0.3 is 5.11 Å². The zero-order valence-electron chi connectivity index (χ0n) is 8.43. The van der Waals surface area contributed by atoms with Gasteiger partial charge in [0.25, 0.3) is 0 Å². The van der Waals surface area contributed by atoms with Crippen LogP contribution in [0.5, 0.6) is 0 Å². The first-order valence-corrected chi connectivity index (χ1v) is 5.49. The molecular formula is C10H15NO2S. The second-order valence-corrected chi connectivity index (χ2v) is 4.16. The lowest BCUT2D eigenvalue weighted by Crippen LogP contribution is -2.37. The smallest absolute Gasteiger partial charge is 0.320 e. The van der Waals surface area contributed by atoms with Crippen LogP contribution in [-0.4, -0.2) is 35.6 Å². The highest BCUT2D eigenvalue weighted by Gasteiger charge is 2.15. The van der Waals surface area contributed by atoms with Gasteiger partial charge in [0.15, 0.2) is 0 Å². The summed E-state index contributed by atoms with van der Waals surface area (Å²) in [6.07, 6.45) is 0.914. The van der Waals surface area contributed by atoms with Gasteiger partial charge >= 0.3 is 5.97 Å². The largest absolute Gasteiger partial charge is 0.480 e. The molecule has 1 N–H and O–H groups in total. The third kappa shape index (κ3) is 3.12. The second kappa shape index (κ2) is 5.12. The van der Waals surface area contributed by atoms with Crippen molar-refractivity contribution >= 4 is 17.3 Å². The van der Waals surface area contributed by atoms with Crippen LogP contribution in [0, 0.1) is 0 Å². The predicted octanol–water partition coefficient (Wildman–Crippen LogP) is 1.70.